The summed E-state index contributed by atoms with van der Waals surface area (Å²) in [5, 5.41) is 4.52. The van der Waals surface area contributed by atoms with E-state index in [0.717, 1.165) is 31.4 Å². The van der Waals surface area contributed by atoms with Crippen LogP contribution in [0.3, 0.4) is 0 Å². The zero-order chi connectivity index (χ0) is 22.7. The van der Waals surface area contributed by atoms with Crippen LogP contribution < -0.4 is 4.43 Å². The van der Waals surface area contributed by atoms with Crippen molar-refractivity contribution in [3.05, 3.63) is 29.3 Å². The molecular weight excluding hydrogens is 418 g/mol. The number of aryl methyl sites for hydroxylation is 1. The van der Waals surface area contributed by atoms with Gasteiger partial charge in [0.15, 0.2) is 8.32 Å². The van der Waals surface area contributed by atoms with Crippen LogP contribution >= 0.6 is 0 Å². The lowest BCUT2D eigenvalue weighted by Gasteiger charge is -2.58. The van der Waals surface area contributed by atoms with Crippen molar-refractivity contribution in [1.29, 1.82) is 0 Å². The average molecular weight is 460 g/mol. The number of fused-ring (bicyclic) bond motifs is 5. The van der Waals surface area contributed by atoms with Crippen LogP contribution in [0.15, 0.2) is 23.4 Å². The molecule has 31 heavy (non-hydrogen) atoms. The fourth-order valence-electron chi connectivity index (χ4n) is 6.76. The molecule has 3 aliphatic rings. The molecule has 0 radical (unpaired) electrons. The van der Waals surface area contributed by atoms with E-state index < -0.39 is 16.6 Å². The standard InChI is InChI=1S/C25H41NO3Si2/c1-24-15-13-21-20-11-10-19(28-30(3,4)5)17-18(20)9-12-22(21)25(24,29-31(6,7)8)16-14-23(24)26-27-2/h10-11,17,21-22H,9,12-16H2,1-8H3. The van der Waals surface area contributed by atoms with Crippen molar-refractivity contribution in [3.8, 4) is 5.75 Å². The molecule has 0 amide bonds. The van der Waals surface area contributed by atoms with Gasteiger partial charge >= 0.3 is 0 Å². The van der Waals surface area contributed by atoms with Crippen molar-refractivity contribution < 1.29 is 13.7 Å². The summed E-state index contributed by atoms with van der Waals surface area (Å²) >= 11 is 0. The van der Waals surface area contributed by atoms with Gasteiger partial charge in [-0.25, -0.2) is 0 Å². The predicted molar refractivity (Wildman–Crippen MR) is 133 cm³/mol. The summed E-state index contributed by atoms with van der Waals surface area (Å²) in [5.41, 5.74) is 4.10. The van der Waals surface area contributed by atoms with Crippen LogP contribution in [-0.4, -0.2) is 35.1 Å². The maximum atomic E-state index is 7.23. The van der Waals surface area contributed by atoms with Crippen LogP contribution in [0, 0.1) is 11.3 Å². The molecule has 2 fully saturated rings. The van der Waals surface area contributed by atoms with E-state index >= 15 is 0 Å². The van der Waals surface area contributed by atoms with Crippen LogP contribution in [0.1, 0.15) is 56.1 Å². The van der Waals surface area contributed by atoms with Crippen LogP contribution in [-0.2, 0) is 15.7 Å². The first-order chi connectivity index (χ1) is 14.4. The van der Waals surface area contributed by atoms with E-state index in [9.17, 15) is 0 Å². The Labute approximate surface area is 191 Å². The Hall–Kier alpha value is -1.12. The molecule has 1 aromatic carbocycles. The topological polar surface area (TPSA) is 40.0 Å². The van der Waals surface area contributed by atoms with Gasteiger partial charge < -0.3 is 13.7 Å². The minimum absolute atomic E-state index is 0.0250. The Bertz CT molecular complexity index is 872. The number of rotatable bonds is 5. The highest BCUT2D eigenvalue weighted by atomic mass is 28.4. The fraction of sp³-hybridized carbons (Fsp3) is 0.720. The second-order valence-corrected chi connectivity index (χ2v) is 20.9. The molecule has 4 unspecified atom stereocenters. The summed E-state index contributed by atoms with van der Waals surface area (Å²) in [6.07, 6.45) is 6.68. The first kappa shape index (κ1) is 23.1. The van der Waals surface area contributed by atoms with Gasteiger partial charge in [-0.3, -0.25) is 0 Å². The third-order valence-electron chi connectivity index (χ3n) is 7.70. The van der Waals surface area contributed by atoms with Gasteiger partial charge in [0.2, 0.25) is 8.32 Å². The number of hydrogen-bond acceptors (Lipinski definition) is 4. The molecule has 0 aliphatic heterocycles. The molecule has 0 saturated heterocycles. The number of nitrogens with zero attached hydrogens (tertiary/aromatic N) is 1. The van der Waals surface area contributed by atoms with Crippen LogP contribution in [0.2, 0.25) is 39.3 Å². The van der Waals surface area contributed by atoms with Gasteiger partial charge in [-0.1, -0.05) is 18.1 Å². The van der Waals surface area contributed by atoms with E-state index in [1.54, 1.807) is 7.11 Å². The van der Waals surface area contributed by atoms with Crippen LogP contribution in [0.5, 0.6) is 5.75 Å². The second kappa shape index (κ2) is 7.73. The van der Waals surface area contributed by atoms with E-state index in [1.165, 1.54) is 29.7 Å². The third kappa shape index (κ3) is 4.04. The molecule has 0 bridgehead atoms. The van der Waals surface area contributed by atoms with E-state index in [4.69, 9.17) is 13.7 Å². The summed E-state index contributed by atoms with van der Waals surface area (Å²) in [5.74, 6) is 2.16. The Morgan fingerprint density at radius 1 is 0.968 bits per heavy atom. The molecule has 4 rings (SSSR count). The summed E-state index contributed by atoms with van der Waals surface area (Å²) < 4.78 is 13.5. The highest BCUT2D eigenvalue weighted by Crippen LogP contribution is 2.64. The molecule has 0 heterocycles. The number of oxime groups is 1. The number of hydrogen-bond donors (Lipinski definition) is 0. The van der Waals surface area contributed by atoms with Gasteiger partial charge in [-0.05, 0) is 113 Å². The molecule has 172 valence electrons. The van der Waals surface area contributed by atoms with Crippen LogP contribution in [0.4, 0.5) is 0 Å². The molecule has 0 spiro atoms. The van der Waals surface area contributed by atoms with Crippen molar-refractivity contribution >= 4 is 22.3 Å². The first-order valence-corrected chi connectivity index (χ1v) is 18.8. The molecule has 0 N–H and O–H groups in total. The van der Waals surface area contributed by atoms with Crippen molar-refractivity contribution in [1.82, 2.24) is 0 Å². The Morgan fingerprint density at radius 3 is 2.35 bits per heavy atom. The lowest BCUT2D eigenvalue weighted by atomic mass is 9.53. The van der Waals surface area contributed by atoms with E-state index in [0.29, 0.717) is 11.8 Å². The monoisotopic (exact) mass is 459 g/mol. The zero-order valence-corrected chi connectivity index (χ0v) is 22.8. The Balaban J connectivity index is 1.73. The van der Waals surface area contributed by atoms with Crippen molar-refractivity contribution in [3.63, 3.8) is 0 Å². The summed E-state index contributed by atoms with van der Waals surface area (Å²) in [6, 6.07) is 6.91. The van der Waals surface area contributed by atoms with Gasteiger partial charge in [-0.2, -0.15) is 0 Å². The molecule has 0 aromatic heterocycles. The van der Waals surface area contributed by atoms with Crippen molar-refractivity contribution in [2.45, 2.75) is 96.2 Å². The third-order valence-corrected chi connectivity index (χ3v) is 9.52. The minimum Gasteiger partial charge on any atom is -0.544 e. The van der Waals surface area contributed by atoms with Gasteiger partial charge in [0.1, 0.15) is 12.9 Å². The molecule has 2 saturated carbocycles. The van der Waals surface area contributed by atoms with E-state index in [-0.39, 0.29) is 11.0 Å². The molecule has 4 nitrogen and oxygen atoms in total. The second-order valence-electron chi connectivity index (χ2n) is 12.0. The largest absolute Gasteiger partial charge is 0.544 e. The minimum atomic E-state index is -1.75. The maximum absolute atomic E-state index is 7.23. The average Bonchev–Trinajstić information content (AvgIpc) is 2.91. The van der Waals surface area contributed by atoms with Gasteiger partial charge in [-0.15, -0.1) is 0 Å². The quantitative estimate of drug-likeness (QED) is 0.362. The summed E-state index contributed by atoms with van der Waals surface area (Å²) in [4.78, 5) is 5.29. The Kier molecular flexibility index (Phi) is 5.75. The van der Waals surface area contributed by atoms with Gasteiger partial charge in [0.25, 0.3) is 0 Å². The maximum Gasteiger partial charge on any atom is 0.242 e. The fourth-order valence-corrected chi connectivity index (χ4v) is 9.16. The van der Waals surface area contributed by atoms with Gasteiger partial charge in [0, 0.05) is 5.41 Å². The SMILES string of the molecule is CON=C1CCC2(O[Si](C)(C)C)C3CCc4cc(O[Si](C)(C)C)ccc4C3CCC12C. The zero-order valence-electron chi connectivity index (χ0n) is 20.8. The highest BCUT2D eigenvalue weighted by molar-refractivity contribution is 6.70. The molecule has 6 heteroatoms. The number of benzene rings is 1. The molecular formula is C25H41NO3Si2. The van der Waals surface area contributed by atoms with Crippen LogP contribution in [0.25, 0.3) is 0 Å². The normalized spacial score (nSPS) is 34.1. The molecule has 3 aliphatic carbocycles. The molecule has 4 atom stereocenters. The Morgan fingerprint density at radius 2 is 1.71 bits per heavy atom. The molecule has 1 aromatic rings. The van der Waals surface area contributed by atoms with E-state index in [1.807, 2.05) is 0 Å². The lowest BCUT2D eigenvalue weighted by Crippen LogP contribution is -2.61. The first-order valence-electron chi connectivity index (χ1n) is 12.0. The summed E-state index contributed by atoms with van der Waals surface area (Å²) in [7, 11) is -1.68. The lowest BCUT2D eigenvalue weighted by molar-refractivity contribution is -0.105. The van der Waals surface area contributed by atoms with Crippen molar-refractivity contribution in [2.75, 3.05) is 7.11 Å². The summed E-state index contributed by atoms with van der Waals surface area (Å²) in [6.45, 7) is 16.2. The highest BCUT2D eigenvalue weighted by Gasteiger charge is 2.65. The van der Waals surface area contributed by atoms with Gasteiger partial charge in [0.05, 0.1) is 11.3 Å². The van der Waals surface area contributed by atoms with Crippen molar-refractivity contribution in [2.24, 2.45) is 16.5 Å². The predicted octanol–water partition coefficient (Wildman–Crippen LogP) is 6.73. The van der Waals surface area contributed by atoms with E-state index in [2.05, 4.69) is 69.6 Å². The smallest absolute Gasteiger partial charge is 0.242 e.